The molecule has 0 spiro atoms. The molecule has 1 aromatic heterocycles. The quantitative estimate of drug-likeness (QED) is 0.629. The first kappa shape index (κ1) is 14.3. The molecular formula is C10H9BrClF2NO2. The van der Waals surface area contributed by atoms with Crippen LogP contribution in [0.5, 0.6) is 0 Å². The van der Waals surface area contributed by atoms with Crippen molar-refractivity contribution in [1.82, 2.24) is 4.98 Å². The maximum Gasteiger partial charge on any atom is 0.311 e. The summed E-state index contributed by atoms with van der Waals surface area (Å²) in [7, 11) is 1.22. The predicted octanol–water partition coefficient (Wildman–Crippen LogP) is 3.24. The van der Waals surface area contributed by atoms with E-state index in [4.69, 9.17) is 11.6 Å². The topological polar surface area (TPSA) is 39.2 Å². The van der Waals surface area contributed by atoms with Crippen LogP contribution in [0.15, 0.2) is 10.5 Å². The molecule has 0 aliphatic heterocycles. The lowest BCUT2D eigenvalue weighted by molar-refractivity contribution is -0.139. The Bertz CT molecular complexity index is 429. The zero-order chi connectivity index (χ0) is 13.0. The molecule has 17 heavy (non-hydrogen) atoms. The molecule has 0 atom stereocenters. The van der Waals surface area contributed by atoms with Gasteiger partial charge in [0.05, 0.1) is 19.2 Å². The molecule has 1 heterocycles. The van der Waals surface area contributed by atoms with Crippen LogP contribution in [0.2, 0.25) is 0 Å². The number of alkyl halides is 3. The number of carbonyl (C=O) groups is 1. The first-order valence-corrected chi connectivity index (χ1v) is 5.91. The molecule has 0 aliphatic carbocycles. The summed E-state index contributed by atoms with van der Waals surface area (Å²) in [6, 6.07) is 1.44. The van der Waals surface area contributed by atoms with Crippen LogP contribution in [0.3, 0.4) is 0 Å². The summed E-state index contributed by atoms with van der Waals surface area (Å²) in [6.45, 7) is 0. The Morgan fingerprint density at radius 1 is 1.65 bits per heavy atom. The minimum atomic E-state index is -2.72. The summed E-state index contributed by atoms with van der Waals surface area (Å²) in [6.07, 6.45) is -2.89. The van der Waals surface area contributed by atoms with E-state index < -0.39 is 18.1 Å². The number of carbonyl (C=O) groups excluding carboxylic acids is 1. The Balaban J connectivity index is 3.16. The van der Waals surface area contributed by atoms with E-state index in [2.05, 4.69) is 25.7 Å². The Labute approximate surface area is 110 Å². The van der Waals surface area contributed by atoms with Crippen molar-refractivity contribution in [3.63, 3.8) is 0 Å². The van der Waals surface area contributed by atoms with Gasteiger partial charge in [-0.05, 0) is 27.6 Å². The van der Waals surface area contributed by atoms with Crippen LogP contribution in [0.4, 0.5) is 8.78 Å². The van der Waals surface area contributed by atoms with Gasteiger partial charge in [0.1, 0.15) is 5.69 Å². The monoisotopic (exact) mass is 327 g/mol. The van der Waals surface area contributed by atoms with Gasteiger partial charge in [-0.3, -0.25) is 4.79 Å². The maximum atomic E-state index is 12.6. The Kier molecular flexibility index (Phi) is 5.27. The van der Waals surface area contributed by atoms with Gasteiger partial charge in [-0.25, -0.2) is 13.8 Å². The molecule has 1 aromatic rings. The third-order valence-electron chi connectivity index (χ3n) is 2.06. The summed E-state index contributed by atoms with van der Waals surface area (Å²) in [5, 5.41) is 0. The number of rotatable bonds is 4. The SMILES string of the molecule is COC(=O)Cc1nc(C(F)F)c(Br)cc1CCl. The highest BCUT2D eigenvalue weighted by atomic mass is 79.9. The van der Waals surface area contributed by atoms with Crippen LogP contribution in [0.1, 0.15) is 23.4 Å². The minimum absolute atomic E-state index is 0.0848. The van der Waals surface area contributed by atoms with Crippen molar-refractivity contribution in [2.24, 2.45) is 0 Å². The molecule has 0 bridgehead atoms. The number of halogens is 4. The summed E-state index contributed by atoms with van der Waals surface area (Å²) in [4.78, 5) is 14.9. The van der Waals surface area contributed by atoms with Crippen LogP contribution in [-0.2, 0) is 21.8 Å². The largest absolute Gasteiger partial charge is 0.469 e. The number of pyridine rings is 1. The van der Waals surface area contributed by atoms with Crippen LogP contribution in [0, 0.1) is 0 Å². The highest BCUT2D eigenvalue weighted by Gasteiger charge is 2.18. The molecule has 0 aliphatic rings. The highest BCUT2D eigenvalue weighted by Crippen LogP contribution is 2.28. The first-order chi connectivity index (χ1) is 7.99. The van der Waals surface area contributed by atoms with E-state index >= 15 is 0 Å². The smallest absolute Gasteiger partial charge is 0.311 e. The Hall–Kier alpha value is -0.750. The average Bonchev–Trinajstić information content (AvgIpc) is 2.30. The van der Waals surface area contributed by atoms with Gasteiger partial charge in [0.25, 0.3) is 6.43 Å². The van der Waals surface area contributed by atoms with Gasteiger partial charge in [-0.1, -0.05) is 0 Å². The molecule has 94 valence electrons. The predicted molar refractivity (Wildman–Crippen MR) is 62.2 cm³/mol. The Morgan fingerprint density at radius 3 is 2.76 bits per heavy atom. The van der Waals surface area contributed by atoms with Crippen molar-refractivity contribution in [2.45, 2.75) is 18.7 Å². The fourth-order valence-electron chi connectivity index (χ4n) is 1.21. The van der Waals surface area contributed by atoms with Gasteiger partial charge in [0.2, 0.25) is 0 Å². The zero-order valence-corrected chi connectivity index (χ0v) is 11.2. The minimum Gasteiger partial charge on any atom is -0.469 e. The van der Waals surface area contributed by atoms with E-state index in [-0.39, 0.29) is 22.5 Å². The third-order valence-corrected chi connectivity index (χ3v) is 2.98. The summed E-state index contributed by atoms with van der Waals surface area (Å²) in [5.41, 5.74) is 0.330. The number of esters is 1. The van der Waals surface area contributed by atoms with Crippen LogP contribution in [-0.4, -0.2) is 18.1 Å². The van der Waals surface area contributed by atoms with Crippen molar-refractivity contribution < 1.29 is 18.3 Å². The Morgan fingerprint density at radius 2 is 2.29 bits per heavy atom. The van der Waals surface area contributed by atoms with E-state index in [9.17, 15) is 13.6 Å². The maximum absolute atomic E-state index is 12.6. The standard InChI is InChI=1S/C10H9BrClF2NO2/c1-17-8(16)3-7-5(4-12)2-6(11)9(15-7)10(13)14/h2,10H,3-4H2,1H3. The fourth-order valence-corrected chi connectivity index (χ4v) is 1.98. The van der Waals surface area contributed by atoms with Gasteiger partial charge in [-0.2, -0.15) is 0 Å². The zero-order valence-electron chi connectivity index (χ0n) is 8.84. The van der Waals surface area contributed by atoms with E-state index in [1.165, 1.54) is 13.2 Å². The molecule has 0 fully saturated rings. The van der Waals surface area contributed by atoms with Crippen molar-refractivity contribution in [3.8, 4) is 0 Å². The number of methoxy groups -OCH3 is 1. The second-order valence-electron chi connectivity index (χ2n) is 3.15. The van der Waals surface area contributed by atoms with E-state index in [1.807, 2.05) is 0 Å². The van der Waals surface area contributed by atoms with Crippen molar-refractivity contribution in [2.75, 3.05) is 7.11 Å². The van der Waals surface area contributed by atoms with E-state index in [0.29, 0.717) is 5.56 Å². The second-order valence-corrected chi connectivity index (χ2v) is 4.27. The first-order valence-electron chi connectivity index (χ1n) is 4.58. The number of nitrogens with zero attached hydrogens (tertiary/aromatic N) is 1. The molecule has 0 saturated carbocycles. The molecule has 3 nitrogen and oxygen atoms in total. The molecule has 7 heteroatoms. The lowest BCUT2D eigenvalue weighted by atomic mass is 10.1. The lowest BCUT2D eigenvalue weighted by Crippen LogP contribution is -2.10. The normalized spacial score (nSPS) is 10.7. The number of aromatic nitrogens is 1. The molecule has 1 rings (SSSR count). The van der Waals surface area contributed by atoms with Crippen molar-refractivity contribution >= 4 is 33.5 Å². The molecule has 0 radical (unpaired) electrons. The van der Waals surface area contributed by atoms with Crippen LogP contribution < -0.4 is 0 Å². The van der Waals surface area contributed by atoms with E-state index in [1.54, 1.807) is 0 Å². The molecule has 0 N–H and O–H groups in total. The van der Waals surface area contributed by atoms with Gasteiger partial charge < -0.3 is 4.74 Å². The second kappa shape index (κ2) is 6.26. The average molecular weight is 329 g/mol. The van der Waals surface area contributed by atoms with E-state index in [0.717, 1.165) is 0 Å². The van der Waals surface area contributed by atoms with Crippen molar-refractivity contribution in [1.29, 1.82) is 0 Å². The fraction of sp³-hybridized carbons (Fsp3) is 0.400. The number of ether oxygens (including phenoxy) is 1. The molecule has 0 saturated heterocycles. The van der Waals surface area contributed by atoms with Crippen LogP contribution in [0.25, 0.3) is 0 Å². The van der Waals surface area contributed by atoms with Gasteiger partial charge in [0.15, 0.2) is 0 Å². The summed E-state index contributed by atoms with van der Waals surface area (Å²) in [5.74, 6) is -0.465. The van der Waals surface area contributed by atoms with Gasteiger partial charge >= 0.3 is 5.97 Å². The molecule has 0 amide bonds. The third kappa shape index (κ3) is 3.61. The van der Waals surface area contributed by atoms with Crippen molar-refractivity contribution in [3.05, 3.63) is 27.5 Å². The number of hydrogen-bond donors (Lipinski definition) is 0. The lowest BCUT2D eigenvalue weighted by Gasteiger charge is -2.10. The molecule has 0 unspecified atom stereocenters. The molecule has 0 aromatic carbocycles. The highest BCUT2D eigenvalue weighted by molar-refractivity contribution is 9.10. The van der Waals surface area contributed by atoms with Gasteiger partial charge in [0, 0.05) is 10.4 Å². The van der Waals surface area contributed by atoms with Gasteiger partial charge in [-0.15, -0.1) is 11.6 Å². The summed E-state index contributed by atoms with van der Waals surface area (Å²) >= 11 is 8.65. The van der Waals surface area contributed by atoms with Crippen LogP contribution >= 0.6 is 27.5 Å². The number of hydrogen-bond acceptors (Lipinski definition) is 3. The molecular weight excluding hydrogens is 319 g/mol. The summed E-state index contributed by atoms with van der Waals surface area (Å²) < 4.78 is 29.9.